The summed E-state index contributed by atoms with van der Waals surface area (Å²) in [5.41, 5.74) is 2.71. The SMILES string of the molecule is CCn1cc([C@H]2OCC[C@@H]2NC(=O)c2ccc3[nH]ccc3c2)cn1. The van der Waals surface area contributed by atoms with E-state index in [9.17, 15) is 4.79 Å². The fourth-order valence-electron chi connectivity index (χ4n) is 3.21. The maximum atomic E-state index is 12.6. The van der Waals surface area contributed by atoms with Crippen LogP contribution in [0.4, 0.5) is 0 Å². The molecular formula is C18H20N4O2. The Morgan fingerprint density at radius 3 is 3.21 bits per heavy atom. The van der Waals surface area contributed by atoms with Gasteiger partial charge in [0.25, 0.3) is 5.91 Å². The number of ether oxygens (including phenoxy) is 1. The Kier molecular flexibility index (Phi) is 3.82. The number of rotatable bonds is 4. The average Bonchev–Trinajstić information content (AvgIpc) is 3.33. The molecule has 1 saturated heterocycles. The molecule has 4 rings (SSSR count). The zero-order valence-corrected chi connectivity index (χ0v) is 13.5. The minimum absolute atomic E-state index is 0.0334. The first-order valence-corrected chi connectivity index (χ1v) is 8.26. The minimum Gasteiger partial charge on any atom is -0.371 e. The number of aromatic nitrogens is 3. The molecule has 1 aliphatic heterocycles. The van der Waals surface area contributed by atoms with E-state index < -0.39 is 0 Å². The topological polar surface area (TPSA) is 71.9 Å². The van der Waals surface area contributed by atoms with E-state index >= 15 is 0 Å². The van der Waals surface area contributed by atoms with Crippen molar-refractivity contribution >= 4 is 16.8 Å². The molecule has 1 aliphatic rings. The lowest BCUT2D eigenvalue weighted by atomic mass is 10.0. The zero-order chi connectivity index (χ0) is 16.5. The van der Waals surface area contributed by atoms with E-state index in [1.807, 2.05) is 54.5 Å². The molecular weight excluding hydrogens is 304 g/mol. The highest BCUT2D eigenvalue weighted by Gasteiger charge is 2.32. The van der Waals surface area contributed by atoms with Gasteiger partial charge in [0.1, 0.15) is 6.10 Å². The third kappa shape index (κ3) is 2.69. The number of H-pyrrole nitrogens is 1. The lowest BCUT2D eigenvalue weighted by Crippen LogP contribution is -2.36. The van der Waals surface area contributed by atoms with E-state index in [2.05, 4.69) is 15.4 Å². The molecule has 1 aromatic carbocycles. The number of aryl methyl sites for hydroxylation is 1. The van der Waals surface area contributed by atoms with E-state index in [1.165, 1.54) is 0 Å². The van der Waals surface area contributed by atoms with Gasteiger partial charge in [-0.05, 0) is 37.6 Å². The molecule has 2 N–H and O–H groups in total. The largest absolute Gasteiger partial charge is 0.371 e. The summed E-state index contributed by atoms with van der Waals surface area (Å²) in [5.74, 6) is -0.0681. The summed E-state index contributed by atoms with van der Waals surface area (Å²) in [7, 11) is 0. The van der Waals surface area contributed by atoms with Crippen LogP contribution < -0.4 is 5.32 Å². The van der Waals surface area contributed by atoms with Crippen molar-refractivity contribution < 1.29 is 9.53 Å². The molecule has 0 spiro atoms. The van der Waals surface area contributed by atoms with Crippen molar-refractivity contribution in [2.45, 2.75) is 32.0 Å². The van der Waals surface area contributed by atoms with Gasteiger partial charge in [0.15, 0.2) is 0 Å². The maximum Gasteiger partial charge on any atom is 0.251 e. The first kappa shape index (κ1) is 15.0. The van der Waals surface area contributed by atoms with E-state index in [0.717, 1.165) is 29.4 Å². The number of benzene rings is 1. The smallest absolute Gasteiger partial charge is 0.251 e. The van der Waals surface area contributed by atoms with E-state index in [1.54, 1.807) is 0 Å². The maximum absolute atomic E-state index is 12.6. The Balaban J connectivity index is 1.51. The summed E-state index contributed by atoms with van der Waals surface area (Å²) < 4.78 is 7.70. The van der Waals surface area contributed by atoms with Crippen LogP contribution in [0.2, 0.25) is 0 Å². The lowest BCUT2D eigenvalue weighted by Gasteiger charge is -2.19. The van der Waals surface area contributed by atoms with Crippen molar-refractivity contribution in [3.8, 4) is 0 Å². The molecule has 0 aliphatic carbocycles. The fourth-order valence-corrected chi connectivity index (χ4v) is 3.21. The average molecular weight is 324 g/mol. The summed E-state index contributed by atoms with van der Waals surface area (Å²) in [4.78, 5) is 15.7. The molecule has 0 unspecified atom stereocenters. The Labute approximate surface area is 139 Å². The predicted molar refractivity (Wildman–Crippen MR) is 90.8 cm³/mol. The van der Waals surface area contributed by atoms with Crippen LogP contribution in [-0.2, 0) is 11.3 Å². The normalized spacial score (nSPS) is 20.5. The van der Waals surface area contributed by atoms with Crippen molar-refractivity contribution in [2.24, 2.45) is 0 Å². The molecule has 3 heterocycles. The van der Waals surface area contributed by atoms with Gasteiger partial charge in [-0.15, -0.1) is 0 Å². The second kappa shape index (κ2) is 6.13. The van der Waals surface area contributed by atoms with Gasteiger partial charge in [-0.2, -0.15) is 5.10 Å². The second-order valence-corrected chi connectivity index (χ2v) is 6.07. The van der Waals surface area contributed by atoms with Crippen LogP contribution >= 0.6 is 0 Å². The Hall–Kier alpha value is -2.60. The highest BCUT2D eigenvalue weighted by Crippen LogP contribution is 2.29. The number of amides is 1. The summed E-state index contributed by atoms with van der Waals surface area (Å²) >= 11 is 0. The van der Waals surface area contributed by atoms with Crippen molar-refractivity contribution in [1.29, 1.82) is 0 Å². The number of nitrogens with zero attached hydrogens (tertiary/aromatic N) is 2. The minimum atomic E-state index is -0.134. The van der Waals surface area contributed by atoms with Crippen molar-refractivity contribution in [1.82, 2.24) is 20.1 Å². The number of carbonyl (C=O) groups excluding carboxylic acids is 1. The van der Waals surface area contributed by atoms with Crippen LogP contribution in [0.25, 0.3) is 10.9 Å². The van der Waals surface area contributed by atoms with Gasteiger partial charge < -0.3 is 15.0 Å². The molecule has 6 nitrogen and oxygen atoms in total. The Morgan fingerprint density at radius 1 is 1.46 bits per heavy atom. The second-order valence-electron chi connectivity index (χ2n) is 6.07. The van der Waals surface area contributed by atoms with Crippen LogP contribution in [0.1, 0.15) is 35.4 Å². The Morgan fingerprint density at radius 2 is 2.38 bits per heavy atom. The summed E-state index contributed by atoms with van der Waals surface area (Å²) in [5, 5.41) is 8.45. The third-order valence-corrected chi connectivity index (χ3v) is 4.53. The monoisotopic (exact) mass is 324 g/mol. The van der Waals surface area contributed by atoms with E-state index in [0.29, 0.717) is 12.2 Å². The molecule has 24 heavy (non-hydrogen) atoms. The summed E-state index contributed by atoms with van der Waals surface area (Å²) in [6, 6.07) is 7.61. The molecule has 1 fully saturated rings. The van der Waals surface area contributed by atoms with Crippen LogP contribution in [0, 0.1) is 0 Å². The first-order valence-electron chi connectivity index (χ1n) is 8.26. The summed E-state index contributed by atoms with van der Waals surface area (Å²) in [6.07, 6.45) is 6.36. The molecule has 1 amide bonds. The van der Waals surface area contributed by atoms with E-state index in [4.69, 9.17) is 4.74 Å². The fraction of sp³-hybridized carbons (Fsp3) is 0.333. The van der Waals surface area contributed by atoms with Crippen molar-refractivity contribution in [3.63, 3.8) is 0 Å². The molecule has 0 radical (unpaired) electrons. The van der Waals surface area contributed by atoms with Gasteiger partial charge in [-0.1, -0.05) is 0 Å². The number of aromatic amines is 1. The molecule has 124 valence electrons. The van der Waals surface area contributed by atoms with Crippen LogP contribution in [-0.4, -0.2) is 33.3 Å². The molecule has 0 bridgehead atoms. The molecule has 3 aromatic rings. The quantitative estimate of drug-likeness (QED) is 0.775. The van der Waals surface area contributed by atoms with Crippen LogP contribution in [0.15, 0.2) is 42.9 Å². The van der Waals surface area contributed by atoms with Crippen LogP contribution in [0.5, 0.6) is 0 Å². The van der Waals surface area contributed by atoms with Crippen LogP contribution in [0.3, 0.4) is 0 Å². The number of carbonyl (C=O) groups is 1. The molecule has 2 aromatic heterocycles. The molecule has 2 atom stereocenters. The van der Waals surface area contributed by atoms with Gasteiger partial charge in [0.2, 0.25) is 0 Å². The van der Waals surface area contributed by atoms with Gasteiger partial charge in [-0.25, -0.2) is 0 Å². The predicted octanol–water partition coefficient (Wildman–Crippen LogP) is 2.64. The number of hydrogen-bond donors (Lipinski definition) is 2. The molecule has 6 heteroatoms. The first-order chi connectivity index (χ1) is 11.7. The van der Waals surface area contributed by atoms with Gasteiger partial charge in [0.05, 0.1) is 12.2 Å². The van der Waals surface area contributed by atoms with Crippen molar-refractivity contribution in [2.75, 3.05) is 6.61 Å². The number of nitrogens with one attached hydrogen (secondary N) is 2. The Bertz CT molecular complexity index is 867. The number of hydrogen-bond acceptors (Lipinski definition) is 3. The third-order valence-electron chi connectivity index (χ3n) is 4.53. The zero-order valence-electron chi connectivity index (χ0n) is 13.5. The van der Waals surface area contributed by atoms with Crippen molar-refractivity contribution in [3.05, 3.63) is 54.0 Å². The molecule has 0 saturated carbocycles. The van der Waals surface area contributed by atoms with Gasteiger partial charge >= 0.3 is 0 Å². The standard InChI is InChI=1S/C18H20N4O2/c1-2-22-11-14(10-20-22)17-16(6-8-24-17)21-18(23)13-3-4-15-12(9-13)5-7-19-15/h3-5,7,9-11,16-17,19H,2,6,8H2,1H3,(H,21,23)/t16-,17+/m0/s1. The van der Waals surface area contributed by atoms with Gasteiger partial charge in [-0.3, -0.25) is 9.48 Å². The number of fused-ring (bicyclic) bond motifs is 1. The highest BCUT2D eigenvalue weighted by atomic mass is 16.5. The van der Waals surface area contributed by atoms with Gasteiger partial charge in [0, 0.05) is 47.6 Å². The highest BCUT2D eigenvalue weighted by molar-refractivity contribution is 5.98. The summed E-state index contributed by atoms with van der Waals surface area (Å²) in [6.45, 7) is 3.51. The lowest BCUT2D eigenvalue weighted by molar-refractivity contribution is 0.0821. The van der Waals surface area contributed by atoms with E-state index in [-0.39, 0.29) is 18.1 Å².